The first kappa shape index (κ1) is 21.6. The lowest BCUT2D eigenvalue weighted by Gasteiger charge is -2.18. The number of fused-ring (bicyclic) bond motifs is 2. The third-order valence-corrected chi connectivity index (χ3v) is 6.62. The number of aromatic amines is 1. The third kappa shape index (κ3) is 4.22. The maximum absolute atomic E-state index is 12.9. The van der Waals surface area contributed by atoms with E-state index in [0.29, 0.717) is 22.3 Å². The van der Waals surface area contributed by atoms with Crippen LogP contribution in [0.2, 0.25) is 5.02 Å². The van der Waals surface area contributed by atoms with Gasteiger partial charge in [-0.1, -0.05) is 29.8 Å². The molecule has 0 radical (unpaired) electrons. The molecule has 0 unspecified atom stereocenters. The van der Waals surface area contributed by atoms with Crippen LogP contribution in [-0.2, 0) is 4.74 Å². The van der Waals surface area contributed by atoms with Gasteiger partial charge in [0.25, 0.3) is 5.91 Å². The lowest BCUT2D eigenvalue weighted by molar-refractivity contribution is 0.102. The molecule has 1 atom stereocenters. The van der Waals surface area contributed by atoms with E-state index in [9.17, 15) is 4.79 Å². The van der Waals surface area contributed by atoms with Crippen LogP contribution in [0.4, 0.5) is 11.6 Å². The van der Waals surface area contributed by atoms with Crippen LogP contribution in [0.15, 0.2) is 67.0 Å². The first-order valence-corrected chi connectivity index (χ1v) is 11.8. The molecule has 9 heteroatoms. The number of H-pyrrole nitrogens is 1. The fourth-order valence-corrected chi connectivity index (χ4v) is 4.71. The number of nitrogens with one attached hydrogen (secondary N) is 2. The van der Waals surface area contributed by atoms with Crippen molar-refractivity contribution in [2.45, 2.75) is 12.5 Å². The number of carbonyl (C=O) groups is 1. The summed E-state index contributed by atoms with van der Waals surface area (Å²) < 4.78 is 7.35. The SMILES string of the molecule is CO[C@H]1CCN(c2ccc3nc(C(=O)Nc4nc5ccc(-c6cccc(Cl)c6)cc5[nH]4)cn3c2)C1. The van der Waals surface area contributed by atoms with Gasteiger partial charge in [0.1, 0.15) is 11.3 Å². The van der Waals surface area contributed by atoms with E-state index in [1.54, 1.807) is 13.3 Å². The number of pyridine rings is 1. The van der Waals surface area contributed by atoms with Crippen LogP contribution in [-0.4, -0.2) is 51.6 Å². The van der Waals surface area contributed by atoms with E-state index in [4.69, 9.17) is 16.3 Å². The Hall–Kier alpha value is -3.88. The maximum Gasteiger partial charge on any atom is 0.278 e. The van der Waals surface area contributed by atoms with Crippen molar-refractivity contribution in [3.05, 3.63) is 77.7 Å². The molecule has 0 spiro atoms. The van der Waals surface area contributed by atoms with Crippen molar-refractivity contribution in [1.82, 2.24) is 19.4 Å². The number of amides is 1. The summed E-state index contributed by atoms with van der Waals surface area (Å²) in [4.78, 5) is 27.4. The Morgan fingerprint density at radius 1 is 1.11 bits per heavy atom. The predicted molar refractivity (Wildman–Crippen MR) is 137 cm³/mol. The summed E-state index contributed by atoms with van der Waals surface area (Å²) in [7, 11) is 1.75. The number of ether oxygens (including phenoxy) is 1. The molecule has 1 aliphatic heterocycles. The number of benzene rings is 2. The fourth-order valence-electron chi connectivity index (χ4n) is 4.52. The largest absolute Gasteiger partial charge is 0.380 e. The van der Waals surface area contributed by atoms with Crippen molar-refractivity contribution < 1.29 is 9.53 Å². The first-order chi connectivity index (χ1) is 17.1. The quantitative estimate of drug-likeness (QED) is 0.364. The zero-order chi connectivity index (χ0) is 23.9. The number of nitrogens with zero attached hydrogens (tertiary/aromatic N) is 4. The summed E-state index contributed by atoms with van der Waals surface area (Å²) in [6.07, 6.45) is 4.98. The Morgan fingerprint density at radius 2 is 2.00 bits per heavy atom. The molecule has 1 saturated heterocycles. The van der Waals surface area contributed by atoms with Gasteiger partial charge in [0.2, 0.25) is 5.95 Å². The van der Waals surface area contributed by atoms with Crippen molar-refractivity contribution in [1.29, 1.82) is 0 Å². The topological polar surface area (TPSA) is 87.5 Å². The van der Waals surface area contributed by atoms with Crippen molar-refractivity contribution in [3.63, 3.8) is 0 Å². The van der Waals surface area contributed by atoms with Crippen molar-refractivity contribution >= 4 is 45.8 Å². The molecule has 1 fully saturated rings. The minimum absolute atomic E-state index is 0.250. The van der Waals surface area contributed by atoms with Gasteiger partial charge in [0.15, 0.2) is 0 Å². The second-order valence-electron chi connectivity index (χ2n) is 8.65. The highest BCUT2D eigenvalue weighted by molar-refractivity contribution is 6.30. The summed E-state index contributed by atoms with van der Waals surface area (Å²) in [5, 5.41) is 3.51. The molecule has 8 nitrogen and oxygen atoms in total. The molecule has 2 aromatic carbocycles. The van der Waals surface area contributed by atoms with Crippen LogP contribution in [0, 0.1) is 0 Å². The molecule has 0 bridgehead atoms. The number of anilines is 2. The zero-order valence-corrected chi connectivity index (χ0v) is 19.8. The van der Waals surface area contributed by atoms with Gasteiger partial charge < -0.3 is 19.0 Å². The molecule has 1 aliphatic rings. The lowest BCUT2D eigenvalue weighted by Crippen LogP contribution is -2.22. The Bertz CT molecular complexity index is 1560. The molecule has 4 heterocycles. The van der Waals surface area contributed by atoms with Gasteiger partial charge in [0.05, 0.1) is 22.8 Å². The smallest absolute Gasteiger partial charge is 0.278 e. The number of methoxy groups -OCH3 is 1. The number of imidazole rings is 2. The third-order valence-electron chi connectivity index (χ3n) is 6.38. The van der Waals surface area contributed by atoms with Gasteiger partial charge in [-0.25, -0.2) is 9.97 Å². The molecule has 3 aromatic heterocycles. The van der Waals surface area contributed by atoms with E-state index in [2.05, 4.69) is 25.2 Å². The van der Waals surface area contributed by atoms with Crippen LogP contribution >= 0.6 is 11.6 Å². The second kappa shape index (κ2) is 8.72. The predicted octanol–water partition coefficient (Wildman–Crippen LogP) is 5.01. The summed E-state index contributed by atoms with van der Waals surface area (Å²) in [6.45, 7) is 1.80. The molecular weight excluding hydrogens is 464 g/mol. The van der Waals surface area contributed by atoms with Crippen LogP contribution in [0.3, 0.4) is 0 Å². The van der Waals surface area contributed by atoms with Crippen molar-refractivity contribution in [2.75, 3.05) is 30.4 Å². The van der Waals surface area contributed by atoms with Gasteiger partial charge in [0, 0.05) is 37.6 Å². The van der Waals surface area contributed by atoms with E-state index in [0.717, 1.165) is 47.4 Å². The summed E-state index contributed by atoms with van der Waals surface area (Å²) >= 11 is 6.13. The number of aromatic nitrogens is 4. The van der Waals surface area contributed by atoms with Gasteiger partial charge in [-0.15, -0.1) is 0 Å². The zero-order valence-electron chi connectivity index (χ0n) is 19.0. The van der Waals surface area contributed by atoms with Gasteiger partial charge in [-0.2, -0.15) is 0 Å². The molecule has 176 valence electrons. The van der Waals surface area contributed by atoms with Gasteiger partial charge in [-0.3, -0.25) is 10.1 Å². The van der Waals surface area contributed by atoms with Crippen LogP contribution in [0.25, 0.3) is 27.8 Å². The Kier molecular flexibility index (Phi) is 5.39. The van der Waals surface area contributed by atoms with Crippen molar-refractivity contribution in [3.8, 4) is 11.1 Å². The maximum atomic E-state index is 12.9. The highest BCUT2D eigenvalue weighted by atomic mass is 35.5. The molecular formula is C26H23ClN6O2. The number of carbonyl (C=O) groups excluding carboxylic acids is 1. The molecule has 35 heavy (non-hydrogen) atoms. The number of hydrogen-bond donors (Lipinski definition) is 2. The van der Waals surface area contributed by atoms with E-state index in [-0.39, 0.29) is 12.0 Å². The summed E-state index contributed by atoms with van der Waals surface area (Å²) in [5.41, 5.74) is 5.69. The number of hydrogen-bond acceptors (Lipinski definition) is 5. The number of rotatable bonds is 5. The first-order valence-electron chi connectivity index (χ1n) is 11.4. The molecule has 1 amide bonds. The van der Waals surface area contributed by atoms with Crippen LogP contribution in [0.5, 0.6) is 0 Å². The second-order valence-corrected chi connectivity index (χ2v) is 9.09. The molecule has 6 rings (SSSR count). The summed E-state index contributed by atoms with van der Waals surface area (Å²) in [5.74, 6) is 0.0404. The average Bonchev–Trinajstić information content (AvgIpc) is 3.60. The highest BCUT2D eigenvalue weighted by Gasteiger charge is 2.23. The van der Waals surface area contributed by atoms with E-state index in [1.165, 1.54) is 0 Å². The summed E-state index contributed by atoms with van der Waals surface area (Å²) in [6, 6.07) is 17.5. The van der Waals surface area contributed by atoms with Gasteiger partial charge in [-0.05, 0) is 53.9 Å². The molecule has 0 aliphatic carbocycles. The molecule has 0 saturated carbocycles. The van der Waals surface area contributed by atoms with Gasteiger partial charge >= 0.3 is 0 Å². The molecule has 2 N–H and O–H groups in total. The van der Waals surface area contributed by atoms with E-state index >= 15 is 0 Å². The molecule has 5 aromatic rings. The Morgan fingerprint density at radius 3 is 2.83 bits per heavy atom. The minimum Gasteiger partial charge on any atom is -0.380 e. The minimum atomic E-state index is -0.329. The monoisotopic (exact) mass is 486 g/mol. The van der Waals surface area contributed by atoms with E-state index in [1.807, 2.05) is 65.2 Å². The fraction of sp³-hybridized carbons (Fsp3) is 0.192. The number of halogens is 1. The lowest BCUT2D eigenvalue weighted by atomic mass is 10.1. The van der Waals surface area contributed by atoms with E-state index < -0.39 is 0 Å². The Labute approximate surface area is 206 Å². The highest BCUT2D eigenvalue weighted by Crippen LogP contribution is 2.27. The van der Waals surface area contributed by atoms with Crippen LogP contribution in [0.1, 0.15) is 16.9 Å². The normalized spacial score (nSPS) is 15.8. The van der Waals surface area contributed by atoms with Crippen LogP contribution < -0.4 is 10.2 Å². The Balaban J connectivity index is 1.21. The van der Waals surface area contributed by atoms with Crippen molar-refractivity contribution in [2.24, 2.45) is 0 Å². The standard InChI is InChI=1S/C26H23ClN6O2/c1-35-20-9-10-32(14-20)19-6-8-24-28-23(15-33(24)13-19)25(34)31-26-29-21-7-5-17(12-22(21)30-26)16-3-2-4-18(27)11-16/h2-8,11-13,15,20H,9-10,14H2,1H3,(H2,29,30,31,34)/t20-/m0/s1. The average molecular weight is 487 g/mol.